The molecule has 10 nitrogen and oxygen atoms in total. The van der Waals surface area contributed by atoms with Crippen LogP contribution in [0, 0.1) is 5.92 Å². The molecule has 10 heteroatoms. The van der Waals surface area contributed by atoms with E-state index in [1.165, 1.54) is 16.8 Å². The lowest BCUT2D eigenvalue weighted by atomic mass is 10.2. The Morgan fingerprint density at radius 3 is 2.85 bits per heavy atom. The Hall–Kier alpha value is -3.95. The summed E-state index contributed by atoms with van der Waals surface area (Å²) in [5.74, 6) is -0.482. The number of pyridine rings is 1. The molecule has 0 bridgehead atoms. The van der Waals surface area contributed by atoms with Crippen molar-refractivity contribution in [2.75, 3.05) is 11.4 Å². The molecule has 0 saturated heterocycles. The van der Waals surface area contributed by atoms with E-state index in [-0.39, 0.29) is 23.4 Å². The molecule has 0 unspecified atom stereocenters. The highest BCUT2D eigenvalue weighted by atomic mass is 16.3. The molecule has 2 N–H and O–H groups in total. The molecule has 1 saturated carbocycles. The van der Waals surface area contributed by atoms with Crippen molar-refractivity contribution in [2.45, 2.75) is 45.7 Å². The van der Waals surface area contributed by atoms with Crippen LogP contribution >= 0.6 is 0 Å². The number of fused-ring (bicyclic) bond motifs is 2. The predicted octanol–water partition coefficient (Wildman–Crippen LogP) is 1.75. The van der Waals surface area contributed by atoms with Gasteiger partial charge in [0.15, 0.2) is 5.56 Å². The average Bonchev–Trinajstić information content (AvgIpc) is 3.34. The van der Waals surface area contributed by atoms with Gasteiger partial charge in [0.25, 0.3) is 17.4 Å². The highest BCUT2D eigenvalue weighted by Gasteiger charge is 2.30. The lowest BCUT2D eigenvalue weighted by Gasteiger charge is -2.17. The number of aromatic nitrogens is 4. The standard InChI is InChI=1S/C24H26N6O4/c1-14(2)13-29-22-16(5-8-18(31)28-11-9-15-4-3-10-25-20(15)28)12-26-30(22)24(34)19(23(29)33)21(32)27-17-6-7-17/h3-5,8,10,12,14,17,33H,6-7,9,11,13H2,1-2H3,(H,27,32). The van der Waals surface area contributed by atoms with E-state index in [4.69, 9.17) is 0 Å². The van der Waals surface area contributed by atoms with Gasteiger partial charge in [-0.05, 0) is 42.9 Å². The first-order chi connectivity index (χ1) is 16.3. The number of amides is 2. The molecule has 2 aliphatic rings. The second-order valence-electron chi connectivity index (χ2n) is 9.15. The van der Waals surface area contributed by atoms with Crippen molar-refractivity contribution in [3.05, 3.63) is 57.6 Å². The molecule has 34 heavy (non-hydrogen) atoms. The van der Waals surface area contributed by atoms with E-state index in [1.807, 2.05) is 26.0 Å². The molecular weight excluding hydrogens is 436 g/mol. The van der Waals surface area contributed by atoms with Crippen LogP contribution in [0.25, 0.3) is 11.7 Å². The van der Waals surface area contributed by atoms with Crippen LogP contribution in [0.1, 0.15) is 48.2 Å². The van der Waals surface area contributed by atoms with E-state index < -0.39 is 17.3 Å². The van der Waals surface area contributed by atoms with Gasteiger partial charge in [0.1, 0.15) is 11.5 Å². The number of hydrogen-bond acceptors (Lipinski definition) is 6. The molecule has 0 aromatic carbocycles. The summed E-state index contributed by atoms with van der Waals surface area (Å²) in [4.78, 5) is 44.6. The van der Waals surface area contributed by atoms with E-state index in [9.17, 15) is 19.5 Å². The fourth-order valence-corrected chi connectivity index (χ4v) is 4.22. The first-order valence-corrected chi connectivity index (χ1v) is 11.4. The molecular formula is C24H26N6O4. The van der Waals surface area contributed by atoms with Gasteiger partial charge in [-0.3, -0.25) is 23.9 Å². The lowest BCUT2D eigenvalue weighted by Crippen LogP contribution is -2.34. The predicted molar refractivity (Wildman–Crippen MR) is 126 cm³/mol. The van der Waals surface area contributed by atoms with Gasteiger partial charge in [0, 0.05) is 37.0 Å². The number of nitrogens with zero attached hydrogens (tertiary/aromatic N) is 5. The van der Waals surface area contributed by atoms with Crippen LogP contribution in [0.15, 0.2) is 35.4 Å². The van der Waals surface area contributed by atoms with Gasteiger partial charge >= 0.3 is 0 Å². The number of carbonyl (C=O) groups excluding carboxylic acids is 2. The van der Waals surface area contributed by atoms with Gasteiger partial charge in [-0.15, -0.1) is 0 Å². The minimum Gasteiger partial charge on any atom is -0.494 e. The summed E-state index contributed by atoms with van der Waals surface area (Å²) in [6, 6.07) is 3.84. The van der Waals surface area contributed by atoms with E-state index in [0.29, 0.717) is 30.1 Å². The maximum atomic E-state index is 13.1. The summed E-state index contributed by atoms with van der Waals surface area (Å²) < 4.78 is 2.62. The quantitative estimate of drug-likeness (QED) is 0.538. The Balaban J connectivity index is 1.54. The number of anilines is 1. The Kier molecular flexibility index (Phi) is 5.43. The van der Waals surface area contributed by atoms with Crippen LogP contribution < -0.4 is 15.8 Å². The van der Waals surface area contributed by atoms with Crippen molar-refractivity contribution >= 4 is 29.4 Å². The molecule has 3 aromatic heterocycles. The average molecular weight is 463 g/mol. The third kappa shape index (κ3) is 3.85. The van der Waals surface area contributed by atoms with Gasteiger partial charge < -0.3 is 10.4 Å². The van der Waals surface area contributed by atoms with Crippen LogP contribution in [0.2, 0.25) is 0 Å². The Morgan fingerprint density at radius 2 is 2.12 bits per heavy atom. The first kappa shape index (κ1) is 21.9. The van der Waals surface area contributed by atoms with Gasteiger partial charge in [0.05, 0.1) is 6.20 Å². The van der Waals surface area contributed by atoms with Crippen LogP contribution in [0.3, 0.4) is 0 Å². The highest BCUT2D eigenvalue weighted by Crippen LogP contribution is 2.26. The van der Waals surface area contributed by atoms with Gasteiger partial charge in [-0.2, -0.15) is 9.61 Å². The third-order valence-corrected chi connectivity index (χ3v) is 6.00. The van der Waals surface area contributed by atoms with E-state index >= 15 is 0 Å². The number of carbonyl (C=O) groups is 2. The van der Waals surface area contributed by atoms with Gasteiger partial charge in [0.2, 0.25) is 5.88 Å². The highest BCUT2D eigenvalue weighted by molar-refractivity contribution is 6.05. The Bertz CT molecular complexity index is 1380. The van der Waals surface area contributed by atoms with Crippen molar-refractivity contribution in [3.8, 4) is 5.88 Å². The molecule has 1 aliphatic heterocycles. The second kappa shape index (κ2) is 8.44. The van der Waals surface area contributed by atoms with E-state index in [1.54, 1.807) is 17.2 Å². The summed E-state index contributed by atoms with van der Waals surface area (Å²) in [6.45, 7) is 4.82. The Morgan fingerprint density at radius 1 is 1.32 bits per heavy atom. The lowest BCUT2D eigenvalue weighted by molar-refractivity contribution is -0.114. The third-order valence-electron chi connectivity index (χ3n) is 6.00. The summed E-state index contributed by atoms with van der Waals surface area (Å²) in [6.07, 6.45) is 8.56. The van der Waals surface area contributed by atoms with Crippen molar-refractivity contribution in [2.24, 2.45) is 5.92 Å². The molecule has 1 aliphatic carbocycles. The SMILES string of the molecule is CC(C)Cn1c(O)c(C(=O)NC2CC2)c(=O)n2ncc(C=CC(=O)N3CCc4cccnc43)c12. The molecule has 2 amide bonds. The molecule has 4 heterocycles. The summed E-state index contributed by atoms with van der Waals surface area (Å²) in [5.41, 5.74) is 0.802. The molecule has 0 radical (unpaired) electrons. The fraction of sp³-hybridized carbons (Fsp3) is 0.375. The minimum atomic E-state index is -0.700. The number of nitrogens with one attached hydrogen (secondary N) is 1. The smallest absolute Gasteiger partial charge is 0.291 e. The van der Waals surface area contributed by atoms with E-state index in [2.05, 4.69) is 15.4 Å². The maximum Gasteiger partial charge on any atom is 0.291 e. The molecule has 0 atom stereocenters. The first-order valence-electron chi connectivity index (χ1n) is 11.4. The second-order valence-corrected chi connectivity index (χ2v) is 9.15. The topological polar surface area (TPSA) is 122 Å². The number of rotatable bonds is 6. The Labute approximate surface area is 195 Å². The largest absolute Gasteiger partial charge is 0.494 e. The summed E-state index contributed by atoms with van der Waals surface area (Å²) in [5, 5.41) is 17.9. The zero-order chi connectivity index (χ0) is 24.0. The van der Waals surface area contributed by atoms with Crippen LogP contribution in [0.5, 0.6) is 5.88 Å². The van der Waals surface area contributed by atoms with Crippen molar-refractivity contribution in [1.29, 1.82) is 0 Å². The van der Waals surface area contributed by atoms with Crippen LogP contribution in [0.4, 0.5) is 5.82 Å². The summed E-state index contributed by atoms with van der Waals surface area (Å²) >= 11 is 0. The van der Waals surface area contributed by atoms with Crippen molar-refractivity contribution < 1.29 is 14.7 Å². The number of hydrogen-bond donors (Lipinski definition) is 2. The van der Waals surface area contributed by atoms with Crippen molar-refractivity contribution in [1.82, 2.24) is 24.5 Å². The molecule has 176 valence electrons. The molecule has 3 aromatic rings. The molecule has 0 spiro atoms. The monoisotopic (exact) mass is 462 g/mol. The zero-order valence-corrected chi connectivity index (χ0v) is 19.1. The zero-order valence-electron chi connectivity index (χ0n) is 19.1. The molecule has 5 rings (SSSR count). The van der Waals surface area contributed by atoms with Gasteiger partial charge in [-0.25, -0.2) is 4.98 Å². The molecule has 1 fully saturated rings. The number of aromatic hydroxyl groups is 1. The van der Waals surface area contributed by atoms with Crippen LogP contribution in [-0.2, 0) is 17.8 Å². The fourth-order valence-electron chi connectivity index (χ4n) is 4.22. The van der Waals surface area contributed by atoms with Crippen molar-refractivity contribution in [3.63, 3.8) is 0 Å². The van der Waals surface area contributed by atoms with Crippen LogP contribution in [-0.4, -0.2) is 48.7 Å². The van der Waals surface area contributed by atoms with E-state index in [0.717, 1.165) is 29.3 Å². The maximum absolute atomic E-state index is 13.1. The normalized spacial score (nSPS) is 15.4. The summed E-state index contributed by atoms with van der Waals surface area (Å²) in [7, 11) is 0. The van der Waals surface area contributed by atoms with Gasteiger partial charge in [-0.1, -0.05) is 19.9 Å². The minimum absolute atomic E-state index is 0.0351.